The average Bonchev–Trinajstić information content (AvgIpc) is 3.36. The Morgan fingerprint density at radius 1 is 1.17 bits per heavy atom. The van der Waals surface area contributed by atoms with Crippen molar-refractivity contribution in [3.05, 3.63) is 64.7 Å². The molecule has 2 aromatic heterocycles. The van der Waals surface area contributed by atoms with Gasteiger partial charge in [-0.2, -0.15) is 0 Å². The monoisotopic (exact) mass is 419 g/mol. The first-order chi connectivity index (χ1) is 14.5. The predicted octanol–water partition coefficient (Wildman–Crippen LogP) is 4.22. The van der Waals surface area contributed by atoms with Crippen molar-refractivity contribution in [3.63, 3.8) is 0 Å². The van der Waals surface area contributed by atoms with Gasteiger partial charge < -0.3 is 10.3 Å². The van der Waals surface area contributed by atoms with Crippen LogP contribution in [-0.4, -0.2) is 43.0 Å². The number of carbonyl (C=O) groups is 1. The summed E-state index contributed by atoms with van der Waals surface area (Å²) < 4.78 is 0. The molecule has 30 heavy (non-hydrogen) atoms. The van der Waals surface area contributed by atoms with Crippen molar-refractivity contribution in [1.82, 2.24) is 24.8 Å². The molecule has 1 aromatic carbocycles. The fourth-order valence-electron chi connectivity index (χ4n) is 3.77. The molecule has 0 bridgehead atoms. The van der Waals surface area contributed by atoms with Crippen molar-refractivity contribution in [3.8, 4) is 0 Å². The Kier molecular flexibility index (Phi) is 4.47. The minimum Gasteiger partial charge on any atom is -0.363 e. The van der Waals surface area contributed by atoms with Gasteiger partial charge in [0.1, 0.15) is 11.8 Å². The quantitative estimate of drug-likeness (QED) is 0.658. The van der Waals surface area contributed by atoms with E-state index in [4.69, 9.17) is 0 Å². The van der Waals surface area contributed by atoms with E-state index in [0.717, 1.165) is 27.5 Å². The first-order valence-corrected chi connectivity index (χ1v) is 10.6. The van der Waals surface area contributed by atoms with Gasteiger partial charge in [-0.05, 0) is 44.4 Å². The molecule has 4 heterocycles. The number of amides is 2. The molecule has 0 saturated carbocycles. The molecule has 0 radical (unpaired) electrons. The number of allylic oxidation sites excluding steroid dienone is 1. The second-order valence-corrected chi connectivity index (χ2v) is 8.34. The highest BCUT2D eigenvalue weighted by molar-refractivity contribution is 8.06. The van der Waals surface area contributed by atoms with E-state index in [2.05, 4.69) is 38.3 Å². The van der Waals surface area contributed by atoms with Crippen LogP contribution in [0.25, 0.3) is 11.2 Å². The summed E-state index contributed by atoms with van der Waals surface area (Å²) in [4.78, 5) is 33.0. The maximum Gasteiger partial charge on any atom is 0.334 e. The molecule has 2 aliphatic heterocycles. The van der Waals surface area contributed by atoms with Gasteiger partial charge in [0.25, 0.3) is 0 Å². The van der Waals surface area contributed by atoms with Crippen LogP contribution in [0, 0.1) is 6.92 Å². The zero-order chi connectivity index (χ0) is 20.8. The van der Waals surface area contributed by atoms with Crippen LogP contribution in [0.4, 0.5) is 16.3 Å². The Morgan fingerprint density at radius 2 is 1.97 bits per heavy atom. The van der Waals surface area contributed by atoms with Crippen LogP contribution < -0.4 is 10.2 Å². The van der Waals surface area contributed by atoms with Crippen molar-refractivity contribution in [2.75, 3.05) is 10.2 Å². The molecule has 0 saturated heterocycles. The zero-order valence-corrected chi connectivity index (χ0v) is 17.6. The van der Waals surface area contributed by atoms with Gasteiger partial charge in [0.2, 0.25) is 0 Å². The zero-order valence-electron chi connectivity index (χ0n) is 16.8. The number of urea groups is 1. The van der Waals surface area contributed by atoms with Crippen LogP contribution in [0.1, 0.15) is 19.4 Å². The Bertz CT molecular complexity index is 1180. The molecular weight excluding hydrogens is 398 g/mol. The average molecular weight is 420 g/mol. The minimum absolute atomic E-state index is 0.0527. The van der Waals surface area contributed by atoms with E-state index < -0.39 is 0 Å². The third-order valence-corrected chi connectivity index (χ3v) is 6.36. The molecule has 2 N–H and O–H groups in total. The number of anilines is 2. The molecule has 9 heteroatoms. The van der Waals surface area contributed by atoms with Gasteiger partial charge >= 0.3 is 6.03 Å². The molecular formula is C21H21N7OS. The fourth-order valence-corrected chi connectivity index (χ4v) is 4.71. The van der Waals surface area contributed by atoms with Gasteiger partial charge in [-0.3, -0.25) is 9.80 Å². The maximum atomic E-state index is 13.5. The van der Waals surface area contributed by atoms with Gasteiger partial charge in [0, 0.05) is 17.4 Å². The first kappa shape index (κ1) is 18.7. The van der Waals surface area contributed by atoms with E-state index in [9.17, 15) is 4.79 Å². The lowest BCUT2D eigenvalue weighted by Crippen LogP contribution is -2.55. The maximum absolute atomic E-state index is 13.5. The third-order valence-electron chi connectivity index (χ3n) is 5.34. The van der Waals surface area contributed by atoms with Crippen molar-refractivity contribution in [1.29, 1.82) is 0 Å². The number of hydrogen-bond acceptors (Lipinski definition) is 6. The highest BCUT2D eigenvalue weighted by atomic mass is 32.2. The van der Waals surface area contributed by atoms with E-state index in [-0.39, 0.29) is 18.1 Å². The molecule has 0 aliphatic carbocycles. The summed E-state index contributed by atoms with van der Waals surface area (Å²) in [5.74, 6) is 0.663. The minimum atomic E-state index is -0.203. The van der Waals surface area contributed by atoms with Gasteiger partial charge in [-0.25, -0.2) is 19.7 Å². The predicted molar refractivity (Wildman–Crippen MR) is 119 cm³/mol. The summed E-state index contributed by atoms with van der Waals surface area (Å²) in [7, 11) is 0. The number of nitrogens with one attached hydrogen (secondary N) is 2. The van der Waals surface area contributed by atoms with Gasteiger partial charge in [0.05, 0.1) is 17.4 Å². The number of benzene rings is 1. The molecule has 2 unspecified atom stereocenters. The lowest BCUT2D eigenvalue weighted by molar-refractivity contribution is 0.224. The van der Waals surface area contributed by atoms with Crippen molar-refractivity contribution in [2.45, 2.75) is 32.9 Å². The number of fused-ring (bicyclic) bond motifs is 2. The fraction of sp³-hybridized carbons (Fsp3) is 0.238. The van der Waals surface area contributed by atoms with Gasteiger partial charge in [-0.15, -0.1) is 0 Å². The van der Waals surface area contributed by atoms with E-state index >= 15 is 0 Å². The van der Waals surface area contributed by atoms with E-state index in [1.807, 2.05) is 48.4 Å². The number of hydrogen-bond donors (Lipinski definition) is 2. The van der Waals surface area contributed by atoms with Crippen LogP contribution in [0.3, 0.4) is 0 Å². The van der Waals surface area contributed by atoms with E-state index in [1.54, 1.807) is 23.0 Å². The Balaban J connectivity index is 1.54. The van der Waals surface area contributed by atoms with Crippen LogP contribution in [0.5, 0.6) is 0 Å². The first-order valence-electron chi connectivity index (χ1n) is 9.69. The number of nitrogens with zero attached hydrogens (tertiary/aromatic N) is 5. The van der Waals surface area contributed by atoms with Gasteiger partial charge in [-0.1, -0.05) is 29.5 Å². The number of imidazole rings is 1. The molecule has 2 atom stereocenters. The second-order valence-electron chi connectivity index (χ2n) is 7.45. The molecule has 2 amide bonds. The summed E-state index contributed by atoms with van der Waals surface area (Å²) >= 11 is 1.58. The molecule has 5 rings (SSSR count). The Hall–Kier alpha value is -3.33. The lowest BCUT2D eigenvalue weighted by atomic mass is 10.0. The number of H-pyrrole nitrogens is 1. The number of aromatic amines is 1. The molecule has 0 spiro atoms. The van der Waals surface area contributed by atoms with Crippen LogP contribution >= 0.6 is 11.8 Å². The van der Waals surface area contributed by atoms with E-state index in [0.29, 0.717) is 11.5 Å². The summed E-state index contributed by atoms with van der Waals surface area (Å²) in [5.41, 5.74) is 4.29. The van der Waals surface area contributed by atoms with Crippen LogP contribution in [0.2, 0.25) is 0 Å². The molecule has 0 fully saturated rings. The Labute approximate surface area is 178 Å². The van der Waals surface area contributed by atoms with Crippen molar-refractivity contribution < 1.29 is 4.79 Å². The summed E-state index contributed by atoms with van der Waals surface area (Å²) in [5, 5.41) is 6.41. The third kappa shape index (κ3) is 3.02. The highest BCUT2D eigenvalue weighted by Gasteiger charge is 2.40. The number of thioether (sulfide) groups is 1. The van der Waals surface area contributed by atoms with Crippen LogP contribution in [-0.2, 0) is 0 Å². The topological polar surface area (TPSA) is 90.0 Å². The largest absolute Gasteiger partial charge is 0.363 e. The molecule has 8 nitrogen and oxygen atoms in total. The SMILES string of the molecule is CC1=CSC2=CC(C(C)Nc3ncnc4nc[nH]c34)N(c3ccc(C)cc3)C(=O)N12. The highest BCUT2D eigenvalue weighted by Crippen LogP contribution is 2.41. The number of aryl methyl sites for hydroxylation is 1. The summed E-state index contributed by atoms with van der Waals surface area (Å²) in [6.45, 7) is 6.04. The van der Waals surface area contributed by atoms with Crippen LogP contribution in [0.15, 0.2) is 59.1 Å². The summed E-state index contributed by atoms with van der Waals surface area (Å²) in [6, 6.07) is 7.66. The standard InChI is InChI=1S/C21H21N7OS/c1-12-4-6-15(7-5-12)28-16(8-17-27(21(28)29)13(2)9-30-17)14(3)26-20-18-19(23-10-22-18)24-11-25-20/h4-11,14,16H,1-3H3,(H2,22,23,24,25,26). The van der Waals surface area contributed by atoms with Crippen molar-refractivity contribution in [2.24, 2.45) is 0 Å². The molecule has 3 aromatic rings. The number of carbonyl (C=O) groups excluding carboxylic acids is 1. The number of aromatic nitrogens is 4. The van der Waals surface area contributed by atoms with Gasteiger partial charge in [0.15, 0.2) is 11.5 Å². The smallest absolute Gasteiger partial charge is 0.334 e. The summed E-state index contributed by atoms with van der Waals surface area (Å²) in [6.07, 6.45) is 5.23. The molecule has 152 valence electrons. The Morgan fingerprint density at radius 3 is 2.77 bits per heavy atom. The van der Waals surface area contributed by atoms with E-state index in [1.165, 1.54) is 6.33 Å². The molecule has 2 aliphatic rings. The lowest BCUT2D eigenvalue weighted by Gasteiger charge is -2.41. The second kappa shape index (κ2) is 7.17. The normalized spacial score (nSPS) is 19.6. The van der Waals surface area contributed by atoms with Crippen molar-refractivity contribution >= 4 is 40.5 Å². The number of rotatable bonds is 4.